The number of aromatic nitrogens is 1. The summed E-state index contributed by atoms with van der Waals surface area (Å²) in [6.07, 6.45) is -0.133. The van der Waals surface area contributed by atoms with Crippen LogP contribution in [0.5, 0.6) is 0 Å². The molecule has 0 saturated carbocycles. The molecule has 0 radical (unpaired) electrons. The third-order valence-corrected chi connectivity index (χ3v) is 5.04. The van der Waals surface area contributed by atoms with Crippen LogP contribution < -0.4 is 10.6 Å². The molecule has 0 aliphatic carbocycles. The number of nitrogens with one attached hydrogen (secondary N) is 2. The van der Waals surface area contributed by atoms with Crippen LogP contribution in [0, 0.1) is 5.92 Å². The maximum atomic E-state index is 12.0. The second kappa shape index (κ2) is 7.40. The topological polar surface area (TPSA) is 74.2 Å². The minimum Gasteiger partial charge on any atom is -0.391 e. The quantitative estimate of drug-likeness (QED) is 0.766. The number of amides is 1. The average molecular weight is 352 g/mol. The van der Waals surface area contributed by atoms with Crippen molar-refractivity contribution in [3.8, 4) is 10.6 Å². The number of aliphatic hydroxyl groups excluding tert-OH is 1. The van der Waals surface area contributed by atoms with Crippen molar-refractivity contribution in [3.63, 3.8) is 0 Å². The normalized spacial score (nSPS) is 20.6. The second-order valence-electron chi connectivity index (χ2n) is 5.62. The summed E-state index contributed by atoms with van der Waals surface area (Å²) in [5, 5.41) is 19.1. The highest BCUT2D eigenvalue weighted by Gasteiger charge is 2.25. The molecule has 23 heavy (non-hydrogen) atoms. The van der Waals surface area contributed by atoms with E-state index < -0.39 is 0 Å². The summed E-state index contributed by atoms with van der Waals surface area (Å²) in [5.74, 6) is 0.0102. The molecule has 5 nitrogen and oxygen atoms in total. The van der Waals surface area contributed by atoms with E-state index in [2.05, 4.69) is 15.6 Å². The average Bonchev–Trinajstić information content (AvgIpc) is 3.15. The standard InChI is InChI=1S/C16H18ClN3O2S/c17-12-3-1-10(2-4-12)16-20-13(9-23-16)5-15(22)19-7-11-6-18-8-14(11)21/h1-4,9,11,14,18,21H,5-8H2,(H,19,22). The molecule has 2 unspecified atom stereocenters. The van der Waals surface area contributed by atoms with Crippen LogP contribution in [0.15, 0.2) is 29.6 Å². The van der Waals surface area contributed by atoms with Crippen LogP contribution in [0.25, 0.3) is 10.6 Å². The molecule has 0 bridgehead atoms. The molecular formula is C16H18ClN3O2S. The van der Waals surface area contributed by atoms with Crippen LogP contribution in [0.2, 0.25) is 5.02 Å². The third-order valence-electron chi connectivity index (χ3n) is 3.85. The SMILES string of the molecule is O=C(Cc1csc(-c2ccc(Cl)cc2)n1)NCC1CNCC1O. The van der Waals surface area contributed by atoms with Crippen LogP contribution in [0.4, 0.5) is 0 Å². The lowest BCUT2D eigenvalue weighted by atomic mass is 10.1. The maximum Gasteiger partial charge on any atom is 0.226 e. The molecule has 3 N–H and O–H groups in total. The molecule has 1 aliphatic rings. The smallest absolute Gasteiger partial charge is 0.226 e. The lowest BCUT2D eigenvalue weighted by molar-refractivity contribution is -0.120. The van der Waals surface area contributed by atoms with E-state index in [9.17, 15) is 9.90 Å². The fraction of sp³-hybridized carbons (Fsp3) is 0.375. The molecule has 1 saturated heterocycles. The van der Waals surface area contributed by atoms with Crippen molar-refractivity contribution in [1.82, 2.24) is 15.6 Å². The lowest BCUT2D eigenvalue weighted by Gasteiger charge is -2.13. The minimum atomic E-state index is -0.383. The lowest BCUT2D eigenvalue weighted by Crippen LogP contribution is -2.35. The summed E-state index contributed by atoms with van der Waals surface area (Å²) in [6.45, 7) is 1.82. The van der Waals surface area contributed by atoms with Crippen LogP contribution >= 0.6 is 22.9 Å². The molecule has 0 spiro atoms. The zero-order valence-electron chi connectivity index (χ0n) is 12.5. The van der Waals surface area contributed by atoms with E-state index in [1.807, 2.05) is 29.6 Å². The molecule has 122 valence electrons. The number of hydrogen-bond donors (Lipinski definition) is 3. The fourth-order valence-electron chi connectivity index (χ4n) is 2.51. The van der Waals surface area contributed by atoms with Gasteiger partial charge in [0, 0.05) is 41.5 Å². The van der Waals surface area contributed by atoms with Gasteiger partial charge in [-0.2, -0.15) is 0 Å². The van der Waals surface area contributed by atoms with E-state index in [1.54, 1.807) is 0 Å². The molecule has 3 rings (SSSR count). The molecule has 2 atom stereocenters. The summed E-state index contributed by atoms with van der Waals surface area (Å²) in [5.41, 5.74) is 1.74. The zero-order valence-corrected chi connectivity index (χ0v) is 14.0. The Bertz CT molecular complexity index is 674. The molecule has 1 fully saturated rings. The van der Waals surface area contributed by atoms with Crippen LogP contribution in [0.3, 0.4) is 0 Å². The van der Waals surface area contributed by atoms with Crippen LogP contribution in [-0.4, -0.2) is 41.7 Å². The van der Waals surface area contributed by atoms with E-state index in [-0.39, 0.29) is 24.3 Å². The van der Waals surface area contributed by atoms with Gasteiger partial charge in [-0.15, -0.1) is 11.3 Å². The summed E-state index contributed by atoms with van der Waals surface area (Å²) in [7, 11) is 0. The summed E-state index contributed by atoms with van der Waals surface area (Å²) in [6, 6.07) is 7.48. The molecule has 1 aromatic heterocycles. The largest absolute Gasteiger partial charge is 0.391 e. The molecule has 7 heteroatoms. The van der Waals surface area contributed by atoms with E-state index >= 15 is 0 Å². The Labute approximate surface area is 143 Å². The highest BCUT2D eigenvalue weighted by atomic mass is 35.5. The van der Waals surface area contributed by atoms with Gasteiger partial charge in [0.25, 0.3) is 0 Å². The van der Waals surface area contributed by atoms with E-state index in [0.29, 0.717) is 18.1 Å². The molecule has 2 heterocycles. The highest BCUT2D eigenvalue weighted by molar-refractivity contribution is 7.13. The van der Waals surface area contributed by atoms with Gasteiger partial charge in [0.15, 0.2) is 0 Å². The van der Waals surface area contributed by atoms with Gasteiger partial charge in [-0.3, -0.25) is 4.79 Å². The first kappa shape index (κ1) is 16.4. The number of benzene rings is 1. The number of aliphatic hydroxyl groups is 1. The van der Waals surface area contributed by atoms with Crippen LogP contribution in [0.1, 0.15) is 5.69 Å². The van der Waals surface area contributed by atoms with E-state index in [4.69, 9.17) is 11.6 Å². The Hall–Kier alpha value is -1.47. The van der Waals surface area contributed by atoms with Crippen molar-refractivity contribution in [2.24, 2.45) is 5.92 Å². The maximum absolute atomic E-state index is 12.0. The predicted octanol–water partition coefficient (Wildman–Crippen LogP) is 1.70. The van der Waals surface area contributed by atoms with Crippen molar-refractivity contribution in [1.29, 1.82) is 0 Å². The van der Waals surface area contributed by atoms with Crippen molar-refractivity contribution in [2.75, 3.05) is 19.6 Å². The Morgan fingerprint density at radius 3 is 2.87 bits per heavy atom. The Morgan fingerprint density at radius 2 is 2.17 bits per heavy atom. The van der Waals surface area contributed by atoms with E-state index in [0.717, 1.165) is 22.8 Å². The number of halogens is 1. The number of rotatable bonds is 5. The monoisotopic (exact) mass is 351 g/mol. The minimum absolute atomic E-state index is 0.0722. The number of nitrogens with zero attached hydrogens (tertiary/aromatic N) is 1. The zero-order chi connectivity index (χ0) is 16.2. The van der Waals surface area contributed by atoms with Gasteiger partial charge in [0.1, 0.15) is 5.01 Å². The van der Waals surface area contributed by atoms with Gasteiger partial charge in [-0.25, -0.2) is 4.98 Å². The predicted molar refractivity (Wildman–Crippen MR) is 91.6 cm³/mol. The van der Waals surface area contributed by atoms with Gasteiger partial charge in [-0.1, -0.05) is 23.7 Å². The third kappa shape index (κ3) is 4.29. The van der Waals surface area contributed by atoms with Crippen molar-refractivity contribution in [3.05, 3.63) is 40.4 Å². The highest BCUT2D eigenvalue weighted by Crippen LogP contribution is 2.25. The van der Waals surface area contributed by atoms with Crippen molar-refractivity contribution < 1.29 is 9.90 Å². The van der Waals surface area contributed by atoms with Crippen molar-refractivity contribution in [2.45, 2.75) is 12.5 Å². The van der Waals surface area contributed by atoms with Crippen LogP contribution in [-0.2, 0) is 11.2 Å². The number of carbonyl (C=O) groups excluding carboxylic acids is 1. The van der Waals surface area contributed by atoms with Gasteiger partial charge in [0.05, 0.1) is 18.2 Å². The molecule has 2 aromatic rings. The summed E-state index contributed by atoms with van der Waals surface area (Å²) >= 11 is 7.39. The van der Waals surface area contributed by atoms with E-state index in [1.165, 1.54) is 11.3 Å². The van der Waals surface area contributed by atoms with Crippen molar-refractivity contribution >= 4 is 28.8 Å². The summed E-state index contributed by atoms with van der Waals surface area (Å²) < 4.78 is 0. The Balaban J connectivity index is 1.54. The first-order valence-electron chi connectivity index (χ1n) is 7.47. The Morgan fingerprint density at radius 1 is 1.39 bits per heavy atom. The fourth-order valence-corrected chi connectivity index (χ4v) is 3.46. The summed E-state index contributed by atoms with van der Waals surface area (Å²) in [4.78, 5) is 16.5. The first-order valence-corrected chi connectivity index (χ1v) is 8.73. The molecule has 1 aromatic carbocycles. The van der Waals surface area contributed by atoms with Gasteiger partial charge in [0.2, 0.25) is 5.91 Å². The second-order valence-corrected chi connectivity index (χ2v) is 6.91. The first-order chi connectivity index (χ1) is 11.1. The number of β-amino-alcohol motifs (C(OH)–C–C–N with tert-alkyl or cyclic N) is 1. The number of carbonyl (C=O) groups is 1. The van der Waals surface area contributed by atoms with Gasteiger partial charge >= 0.3 is 0 Å². The van der Waals surface area contributed by atoms with Gasteiger partial charge in [-0.05, 0) is 12.1 Å². The molecule has 1 aliphatic heterocycles. The van der Waals surface area contributed by atoms with Gasteiger partial charge < -0.3 is 15.7 Å². The Kier molecular flexibility index (Phi) is 5.27. The number of hydrogen-bond acceptors (Lipinski definition) is 5. The number of thiazole rings is 1. The molecular weight excluding hydrogens is 334 g/mol. The molecule has 1 amide bonds.